The van der Waals surface area contributed by atoms with Crippen molar-refractivity contribution in [3.8, 4) is 0 Å². The van der Waals surface area contributed by atoms with E-state index in [1.54, 1.807) is 7.05 Å². The van der Waals surface area contributed by atoms with Crippen molar-refractivity contribution in [1.29, 1.82) is 0 Å². The van der Waals surface area contributed by atoms with Crippen molar-refractivity contribution < 1.29 is 9.59 Å². The minimum absolute atomic E-state index is 0.0962. The first-order chi connectivity index (χ1) is 8.03. The summed E-state index contributed by atoms with van der Waals surface area (Å²) >= 11 is 5.01. The molecule has 0 aromatic rings. The van der Waals surface area contributed by atoms with Crippen LogP contribution in [0.15, 0.2) is 0 Å². The van der Waals surface area contributed by atoms with Crippen molar-refractivity contribution >= 4 is 29.0 Å². The smallest absolute Gasteiger partial charge is 0.233 e. The van der Waals surface area contributed by atoms with E-state index < -0.39 is 5.41 Å². The number of nitrogens with one attached hydrogen (secondary N) is 2. The van der Waals surface area contributed by atoms with E-state index in [-0.39, 0.29) is 23.2 Å². The summed E-state index contributed by atoms with van der Waals surface area (Å²) in [6, 6.07) is 0. The van der Waals surface area contributed by atoms with Gasteiger partial charge < -0.3 is 16.4 Å². The fourth-order valence-corrected chi connectivity index (χ4v) is 2.44. The lowest BCUT2D eigenvalue weighted by molar-refractivity contribution is -0.127. The molecule has 1 fully saturated rings. The lowest BCUT2D eigenvalue weighted by Gasteiger charge is -2.26. The third-order valence-corrected chi connectivity index (χ3v) is 3.67. The molecule has 1 rings (SSSR count). The molecular weight excluding hydrogens is 238 g/mol. The largest absolute Gasteiger partial charge is 0.392 e. The van der Waals surface area contributed by atoms with Gasteiger partial charge in [-0.05, 0) is 12.8 Å². The molecule has 0 heterocycles. The van der Waals surface area contributed by atoms with Crippen molar-refractivity contribution in [2.45, 2.75) is 32.1 Å². The van der Waals surface area contributed by atoms with Crippen LogP contribution in [-0.4, -0.2) is 30.4 Å². The van der Waals surface area contributed by atoms with Crippen LogP contribution in [0.25, 0.3) is 0 Å². The van der Waals surface area contributed by atoms with E-state index in [1.807, 2.05) is 0 Å². The third kappa shape index (κ3) is 3.15. The van der Waals surface area contributed by atoms with Crippen molar-refractivity contribution in [2.24, 2.45) is 11.1 Å². The van der Waals surface area contributed by atoms with E-state index in [4.69, 9.17) is 18.0 Å². The first kappa shape index (κ1) is 13.9. The van der Waals surface area contributed by atoms with Crippen LogP contribution >= 0.6 is 12.2 Å². The van der Waals surface area contributed by atoms with Gasteiger partial charge >= 0.3 is 0 Å². The average molecular weight is 257 g/mol. The van der Waals surface area contributed by atoms with Gasteiger partial charge in [-0.15, -0.1) is 0 Å². The second kappa shape index (κ2) is 5.95. The molecule has 17 heavy (non-hydrogen) atoms. The van der Waals surface area contributed by atoms with Gasteiger partial charge in [-0.1, -0.05) is 25.1 Å². The maximum absolute atomic E-state index is 12.1. The Bertz CT molecular complexity index is 325. The topological polar surface area (TPSA) is 84.2 Å². The van der Waals surface area contributed by atoms with E-state index >= 15 is 0 Å². The van der Waals surface area contributed by atoms with Gasteiger partial charge in [-0.25, -0.2) is 0 Å². The summed E-state index contributed by atoms with van der Waals surface area (Å²) in [5.41, 5.74) is 5.00. The van der Waals surface area contributed by atoms with Crippen LogP contribution in [0.2, 0.25) is 0 Å². The lowest BCUT2D eigenvalue weighted by atomic mass is 9.85. The maximum Gasteiger partial charge on any atom is 0.233 e. The molecule has 0 aromatic carbocycles. The number of carbonyl (C=O) groups excluding carboxylic acids is 2. The monoisotopic (exact) mass is 257 g/mol. The number of rotatable bonds is 5. The maximum atomic E-state index is 12.1. The third-order valence-electron chi connectivity index (χ3n) is 3.28. The minimum Gasteiger partial charge on any atom is -0.392 e. The Morgan fingerprint density at radius 1 is 1.35 bits per heavy atom. The summed E-state index contributed by atoms with van der Waals surface area (Å²) in [7, 11) is 1.57. The van der Waals surface area contributed by atoms with Crippen molar-refractivity contribution in [1.82, 2.24) is 10.6 Å². The van der Waals surface area contributed by atoms with Crippen LogP contribution in [0.5, 0.6) is 0 Å². The summed E-state index contributed by atoms with van der Waals surface area (Å²) in [5, 5.41) is 5.24. The van der Waals surface area contributed by atoms with Crippen LogP contribution in [0.1, 0.15) is 32.1 Å². The Balaban J connectivity index is 2.50. The van der Waals surface area contributed by atoms with Gasteiger partial charge in [0.25, 0.3) is 0 Å². The molecule has 2 amide bonds. The second-order valence-corrected chi connectivity index (χ2v) is 4.77. The van der Waals surface area contributed by atoms with Crippen LogP contribution in [-0.2, 0) is 9.59 Å². The molecule has 5 nitrogen and oxygen atoms in total. The predicted octanol–water partition coefficient (Wildman–Crippen LogP) is 0.0852. The molecule has 0 bridgehead atoms. The van der Waals surface area contributed by atoms with Crippen molar-refractivity contribution in [3.63, 3.8) is 0 Å². The van der Waals surface area contributed by atoms with Gasteiger partial charge in [0.1, 0.15) is 0 Å². The lowest BCUT2D eigenvalue weighted by Crippen LogP contribution is -2.47. The molecule has 0 atom stereocenters. The molecule has 0 radical (unpaired) electrons. The molecule has 0 saturated heterocycles. The summed E-state index contributed by atoms with van der Waals surface area (Å²) in [4.78, 5) is 23.4. The van der Waals surface area contributed by atoms with Gasteiger partial charge in [-0.2, -0.15) is 0 Å². The number of thiocarbonyl (C=S) groups is 1. The molecule has 4 N–H and O–H groups in total. The van der Waals surface area contributed by atoms with Gasteiger partial charge in [-0.3, -0.25) is 9.59 Å². The van der Waals surface area contributed by atoms with Crippen LogP contribution in [0, 0.1) is 5.41 Å². The highest BCUT2D eigenvalue weighted by molar-refractivity contribution is 7.80. The molecule has 0 aliphatic heterocycles. The van der Waals surface area contributed by atoms with E-state index in [1.165, 1.54) is 0 Å². The number of hydrogen-bond donors (Lipinski definition) is 3. The molecule has 1 aliphatic rings. The summed E-state index contributed by atoms with van der Waals surface area (Å²) in [6.07, 6.45) is 3.65. The molecule has 0 unspecified atom stereocenters. The fraction of sp³-hybridized carbons (Fsp3) is 0.727. The molecule has 96 valence electrons. The molecule has 6 heteroatoms. The first-order valence-corrected chi connectivity index (χ1v) is 6.22. The molecular formula is C11H19N3O2S. The van der Waals surface area contributed by atoms with Crippen molar-refractivity contribution in [2.75, 3.05) is 13.6 Å². The van der Waals surface area contributed by atoms with Crippen LogP contribution in [0.3, 0.4) is 0 Å². The quantitative estimate of drug-likeness (QED) is 0.609. The Morgan fingerprint density at radius 2 is 1.94 bits per heavy atom. The van der Waals surface area contributed by atoms with E-state index in [9.17, 15) is 9.59 Å². The summed E-state index contributed by atoms with van der Waals surface area (Å²) in [5.74, 6) is -0.229. The number of amides is 2. The number of carbonyl (C=O) groups is 2. The fourth-order valence-electron chi connectivity index (χ4n) is 2.15. The van der Waals surface area contributed by atoms with Crippen molar-refractivity contribution in [3.05, 3.63) is 0 Å². The van der Waals surface area contributed by atoms with E-state index in [0.717, 1.165) is 12.8 Å². The van der Waals surface area contributed by atoms with E-state index in [0.29, 0.717) is 19.4 Å². The Labute approximate surface area is 107 Å². The summed E-state index contributed by atoms with van der Waals surface area (Å²) < 4.78 is 0. The molecule has 1 aliphatic carbocycles. The zero-order chi connectivity index (χ0) is 12.9. The van der Waals surface area contributed by atoms with Crippen LogP contribution in [0.4, 0.5) is 0 Å². The number of nitrogens with two attached hydrogens (primary N) is 1. The average Bonchev–Trinajstić information content (AvgIpc) is 2.78. The highest BCUT2D eigenvalue weighted by Gasteiger charge is 2.43. The van der Waals surface area contributed by atoms with E-state index in [2.05, 4.69) is 10.6 Å². The second-order valence-electron chi connectivity index (χ2n) is 4.33. The zero-order valence-corrected chi connectivity index (χ0v) is 10.9. The first-order valence-electron chi connectivity index (χ1n) is 5.82. The molecule has 0 spiro atoms. The normalized spacial score (nSPS) is 17.5. The molecule has 0 aromatic heterocycles. The summed E-state index contributed by atoms with van der Waals surface area (Å²) in [6.45, 7) is 0.322. The standard InChI is InChI=1S/C11H19N3O2S/c1-13-8(15)4-7-14-10(16)11(9(12)17)5-2-3-6-11/h2-7H2,1H3,(H2,12,17)(H,13,15)(H,14,16). The van der Waals surface area contributed by atoms with Gasteiger partial charge in [0, 0.05) is 20.0 Å². The minimum atomic E-state index is -0.683. The Kier molecular flexibility index (Phi) is 4.86. The Hall–Kier alpha value is -1.17. The SMILES string of the molecule is CNC(=O)CCNC(=O)C1(C(N)=S)CCCC1. The highest BCUT2D eigenvalue weighted by atomic mass is 32.1. The van der Waals surface area contributed by atoms with Gasteiger partial charge in [0.15, 0.2) is 0 Å². The predicted molar refractivity (Wildman–Crippen MR) is 69.4 cm³/mol. The highest BCUT2D eigenvalue weighted by Crippen LogP contribution is 2.38. The Morgan fingerprint density at radius 3 is 2.41 bits per heavy atom. The van der Waals surface area contributed by atoms with Gasteiger partial charge in [0.05, 0.1) is 10.4 Å². The van der Waals surface area contributed by atoms with Gasteiger partial charge in [0.2, 0.25) is 11.8 Å². The molecule has 1 saturated carbocycles. The van der Waals surface area contributed by atoms with Crippen LogP contribution < -0.4 is 16.4 Å². The number of hydrogen-bond acceptors (Lipinski definition) is 3. The zero-order valence-electron chi connectivity index (χ0n) is 10.0.